The second-order valence-electron chi connectivity index (χ2n) is 9.09. The minimum Gasteiger partial charge on any atom is -0.493 e. The van der Waals surface area contributed by atoms with Gasteiger partial charge in [0, 0.05) is 29.9 Å². The summed E-state index contributed by atoms with van der Waals surface area (Å²) in [6.07, 6.45) is 11.9. The molecule has 2 bridgehead atoms. The molecule has 8 heteroatoms. The molecule has 0 saturated heterocycles. The molecule has 1 fully saturated rings. The molecular weight excluding hydrogens is 452 g/mol. The van der Waals surface area contributed by atoms with Gasteiger partial charge < -0.3 is 14.6 Å². The molecule has 4 heterocycles. The second kappa shape index (κ2) is 9.73. The fraction of sp³-hybridized carbons (Fsp3) is 0.250. The van der Waals surface area contributed by atoms with Gasteiger partial charge in [-0.15, -0.1) is 10.2 Å². The van der Waals surface area contributed by atoms with E-state index in [-0.39, 0.29) is 5.91 Å². The number of carbonyl (C=O) groups is 1. The number of benzene rings is 1. The van der Waals surface area contributed by atoms with Crippen LogP contribution in [0.15, 0.2) is 73.2 Å². The molecule has 0 unspecified atom stereocenters. The van der Waals surface area contributed by atoms with Crippen LogP contribution in [0.5, 0.6) is 5.75 Å². The summed E-state index contributed by atoms with van der Waals surface area (Å²) in [5.74, 6) is 1.94. The van der Waals surface area contributed by atoms with Crippen LogP contribution in [-0.2, 0) is 6.54 Å². The van der Waals surface area contributed by atoms with Crippen LogP contribution in [0.2, 0.25) is 0 Å². The Morgan fingerprint density at radius 1 is 1.03 bits per heavy atom. The molecule has 0 atom stereocenters. The Balaban J connectivity index is 1.34. The number of ether oxygens (including phenoxy) is 1. The highest BCUT2D eigenvalue weighted by Gasteiger charge is 2.24. The molecule has 1 amide bonds. The van der Waals surface area contributed by atoms with Crippen LogP contribution < -0.4 is 10.1 Å². The Morgan fingerprint density at radius 3 is 2.81 bits per heavy atom. The van der Waals surface area contributed by atoms with Gasteiger partial charge in [0.2, 0.25) is 0 Å². The molecule has 6 rings (SSSR count). The van der Waals surface area contributed by atoms with Gasteiger partial charge >= 0.3 is 0 Å². The molecule has 180 valence electrons. The lowest BCUT2D eigenvalue weighted by Crippen LogP contribution is -2.15. The maximum Gasteiger partial charge on any atom is 0.260 e. The summed E-state index contributed by atoms with van der Waals surface area (Å²) in [5.41, 5.74) is 4.11. The predicted octanol–water partition coefficient (Wildman–Crippen LogP) is 5.26. The molecule has 1 saturated carbocycles. The number of nitrogens with one attached hydrogen (secondary N) is 1. The molecule has 36 heavy (non-hydrogen) atoms. The lowest BCUT2D eigenvalue weighted by Gasteiger charge is -2.14. The third kappa shape index (κ3) is 4.75. The van der Waals surface area contributed by atoms with E-state index in [0.717, 1.165) is 29.7 Å². The highest BCUT2D eigenvalue weighted by atomic mass is 16.5. The van der Waals surface area contributed by atoms with Crippen molar-refractivity contribution in [1.29, 1.82) is 0 Å². The first-order valence-corrected chi connectivity index (χ1v) is 12.3. The number of hydrogen-bond acceptors (Lipinski definition) is 6. The van der Waals surface area contributed by atoms with Crippen LogP contribution in [0.4, 0.5) is 5.82 Å². The number of carbonyl (C=O) groups excluding carboxylic acids is 1. The molecule has 2 aliphatic rings. The monoisotopic (exact) mass is 478 g/mol. The molecule has 4 aromatic rings. The number of hydrogen-bond donors (Lipinski definition) is 1. The molecular formula is C28H26N6O2. The fourth-order valence-corrected chi connectivity index (χ4v) is 4.30. The van der Waals surface area contributed by atoms with Crippen LogP contribution in [0.3, 0.4) is 0 Å². The summed E-state index contributed by atoms with van der Waals surface area (Å²) in [4.78, 5) is 22.7. The van der Waals surface area contributed by atoms with Crippen molar-refractivity contribution in [1.82, 2.24) is 24.7 Å². The van der Waals surface area contributed by atoms with Gasteiger partial charge in [-0.3, -0.25) is 9.78 Å². The van der Waals surface area contributed by atoms with Gasteiger partial charge in [0.1, 0.15) is 23.6 Å². The van der Waals surface area contributed by atoms with Gasteiger partial charge in [0.05, 0.1) is 12.2 Å². The standard InChI is InChI=1S/C28H26N6O2/c35-28-22-16-20(21-10-12-23(29-17-21)19-8-9-19)11-13-25(22)36-15-4-2-1-3-14-34-18-30-33-27(34)24-6-5-7-26(31-24)32-28/h1,3,5-7,10-13,16-19H,2,4,8-9,14-15H2,(H,31,32,35)/b3-1-. The molecule has 8 nitrogen and oxygen atoms in total. The van der Waals surface area contributed by atoms with E-state index < -0.39 is 0 Å². The average Bonchev–Trinajstić information content (AvgIpc) is 3.65. The molecule has 0 radical (unpaired) electrons. The van der Waals surface area contributed by atoms with Gasteiger partial charge in [0.25, 0.3) is 5.91 Å². The summed E-state index contributed by atoms with van der Waals surface area (Å²) in [6, 6.07) is 15.3. The third-order valence-corrected chi connectivity index (χ3v) is 6.42. The van der Waals surface area contributed by atoms with E-state index in [1.54, 1.807) is 12.4 Å². The first kappa shape index (κ1) is 22.2. The fourth-order valence-electron chi connectivity index (χ4n) is 4.30. The highest BCUT2D eigenvalue weighted by molar-refractivity contribution is 6.06. The van der Waals surface area contributed by atoms with Crippen molar-refractivity contribution in [2.45, 2.75) is 38.1 Å². The number of rotatable bonds is 2. The quantitative estimate of drug-likeness (QED) is 0.395. The van der Waals surface area contributed by atoms with E-state index in [2.05, 4.69) is 49.8 Å². The SMILES string of the molecule is O=C1Nc2cccc(n2)-c2nncn2C/C=C\CCCOc2ccc(-c3ccc(C4CC4)nc3)cc21. The van der Waals surface area contributed by atoms with E-state index in [1.165, 1.54) is 12.8 Å². The van der Waals surface area contributed by atoms with Gasteiger partial charge in [-0.2, -0.15) is 0 Å². The predicted molar refractivity (Wildman–Crippen MR) is 137 cm³/mol. The molecule has 3 aromatic heterocycles. The lowest BCUT2D eigenvalue weighted by molar-refractivity contribution is 0.102. The van der Waals surface area contributed by atoms with Crippen LogP contribution in [0.1, 0.15) is 47.7 Å². The summed E-state index contributed by atoms with van der Waals surface area (Å²) >= 11 is 0. The molecule has 1 aromatic carbocycles. The van der Waals surface area contributed by atoms with E-state index in [9.17, 15) is 4.79 Å². The Bertz CT molecular complexity index is 1420. The average molecular weight is 479 g/mol. The Hall–Kier alpha value is -4.33. The zero-order chi connectivity index (χ0) is 24.3. The summed E-state index contributed by atoms with van der Waals surface area (Å²) in [7, 11) is 0. The minimum atomic E-state index is -0.285. The maximum atomic E-state index is 13.4. The number of aromatic nitrogens is 5. The van der Waals surface area contributed by atoms with Crippen LogP contribution in [-0.4, -0.2) is 37.2 Å². The van der Waals surface area contributed by atoms with E-state index in [0.29, 0.717) is 47.7 Å². The number of anilines is 1. The smallest absolute Gasteiger partial charge is 0.260 e. The largest absolute Gasteiger partial charge is 0.493 e. The topological polar surface area (TPSA) is 94.8 Å². The van der Waals surface area contributed by atoms with Gasteiger partial charge in [0.15, 0.2) is 5.82 Å². The molecule has 1 aliphatic heterocycles. The Kier molecular flexibility index (Phi) is 5.99. The number of amides is 1. The summed E-state index contributed by atoms with van der Waals surface area (Å²) in [5, 5.41) is 11.2. The van der Waals surface area contributed by atoms with Gasteiger partial charge in [-0.25, -0.2) is 4.98 Å². The van der Waals surface area contributed by atoms with Crippen molar-refractivity contribution in [2.75, 3.05) is 11.9 Å². The summed E-state index contributed by atoms with van der Waals surface area (Å²) in [6.45, 7) is 1.15. The first-order chi connectivity index (χ1) is 17.7. The Morgan fingerprint density at radius 2 is 1.94 bits per heavy atom. The van der Waals surface area contributed by atoms with Crippen molar-refractivity contribution in [3.63, 3.8) is 0 Å². The van der Waals surface area contributed by atoms with E-state index in [4.69, 9.17) is 4.74 Å². The van der Waals surface area contributed by atoms with E-state index >= 15 is 0 Å². The molecule has 1 N–H and O–H groups in total. The van der Waals surface area contributed by atoms with Crippen molar-refractivity contribution < 1.29 is 9.53 Å². The van der Waals surface area contributed by atoms with Crippen molar-refractivity contribution in [3.05, 3.63) is 84.5 Å². The number of pyridine rings is 2. The third-order valence-electron chi connectivity index (χ3n) is 6.42. The van der Waals surface area contributed by atoms with E-state index in [1.807, 2.05) is 41.1 Å². The van der Waals surface area contributed by atoms with Crippen molar-refractivity contribution in [3.8, 4) is 28.4 Å². The zero-order valence-corrected chi connectivity index (χ0v) is 19.8. The molecule has 1 aliphatic carbocycles. The zero-order valence-electron chi connectivity index (χ0n) is 19.8. The van der Waals surface area contributed by atoms with Crippen LogP contribution in [0, 0.1) is 0 Å². The number of allylic oxidation sites excluding steroid dienone is 2. The maximum absolute atomic E-state index is 13.4. The Labute approximate surface area is 209 Å². The lowest BCUT2D eigenvalue weighted by atomic mass is 10.0. The molecule has 0 spiro atoms. The second-order valence-corrected chi connectivity index (χ2v) is 9.09. The minimum absolute atomic E-state index is 0.285. The van der Waals surface area contributed by atoms with Crippen molar-refractivity contribution >= 4 is 11.7 Å². The number of fused-ring (bicyclic) bond motifs is 5. The van der Waals surface area contributed by atoms with Crippen molar-refractivity contribution in [2.24, 2.45) is 0 Å². The van der Waals surface area contributed by atoms with Gasteiger partial charge in [-0.1, -0.05) is 30.4 Å². The van der Waals surface area contributed by atoms with Crippen LogP contribution in [0.25, 0.3) is 22.6 Å². The normalized spacial score (nSPS) is 16.8. The van der Waals surface area contributed by atoms with Crippen LogP contribution >= 0.6 is 0 Å². The number of nitrogens with zero attached hydrogens (tertiary/aromatic N) is 5. The highest BCUT2D eigenvalue weighted by Crippen LogP contribution is 2.39. The van der Waals surface area contributed by atoms with Gasteiger partial charge in [-0.05, 0) is 61.6 Å². The summed E-state index contributed by atoms with van der Waals surface area (Å²) < 4.78 is 7.98. The first-order valence-electron chi connectivity index (χ1n) is 12.3.